The third kappa shape index (κ3) is 3.74. The SMILES string of the molecule is CCC(CCO)NCc1nc(C)cs1. The first-order chi connectivity index (χ1) is 6.76. The molecule has 1 aromatic rings. The van der Waals surface area contributed by atoms with Crippen LogP contribution in [0.2, 0.25) is 0 Å². The summed E-state index contributed by atoms with van der Waals surface area (Å²) in [7, 11) is 0. The second-order valence-electron chi connectivity index (χ2n) is 3.38. The van der Waals surface area contributed by atoms with Gasteiger partial charge >= 0.3 is 0 Å². The predicted octanol–water partition coefficient (Wildman–Crippen LogP) is 1.70. The van der Waals surface area contributed by atoms with Crippen molar-refractivity contribution in [2.45, 2.75) is 39.3 Å². The van der Waals surface area contributed by atoms with Gasteiger partial charge in [0.05, 0.1) is 0 Å². The second-order valence-corrected chi connectivity index (χ2v) is 4.32. The minimum absolute atomic E-state index is 0.252. The highest BCUT2D eigenvalue weighted by molar-refractivity contribution is 7.09. The van der Waals surface area contributed by atoms with Gasteiger partial charge in [0.2, 0.25) is 0 Å². The smallest absolute Gasteiger partial charge is 0.107 e. The van der Waals surface area contributed by atoms with Crippen LogP contribution in [0.3, 0.4) is 0 Å². The number of thiazole rings is 1. The van der Waals surface area contributed by atoms with E-state index in [2.05, 4.69) is 22.6 Å². The predicted molar refractivity (Wildman–Crippen MR) is 59.5 cm³/mol. The van der Waals surface area contributed by atoms with Crippen LogP contribution in [0.5, 0.6) is 0 Å². The van der Waals surface area contributed by atoms with Gasteiger partial charge in [-0.3, -0.25) is 0 Å². The standard InChI is InChI=1S/C10H18N2OS/c1-3-9(4-5-13)11-6-10-12-8(2)7-14-10/h7,9,11,13H,3-6H2,1-2H3. The lowest BCUT2D eigenvalue weighted by Gasteiger charge is -2.14. The van der Waals surface area contributed by atoms with Crippen molar-refractivity contribution in [1.29, 1.82) is 0 Å². The summed E-state index contributed by atoms with van der Waals surface area (Å²) in [6.45, 7) is 5.20. The first kappa shape index (κ1) is 11.6. The molecule has 80 valence electrons. The molecule has 0 aliphatic heterocycles. The van der Waals surface area contributed by atoms with Crippen LogP contribution in [0.15, 0.2) is 5.38 Å². The van der Waals surface area contributed by atoms with E-state index in [9.17, 15) is 0 Å². The molecule has 3 nitrogen and oxygen atoms in total. The molecule has 1 unspecified atom stereocenters. The molecule has 0 aromatic carbocycles. The van der Waals surface area contributed by atoms with Gasteiger partial charge in [-0.2, -0.15) is 0 Å². The Morgan fingerprint density at radius 1 is 1.64 bits per heavy atom. The summed E-state index contributed by atoms with van der Waals surface area (Å²) >= 11 is 1.68. The van der Waals surface area contributed by atoms with Gasteiger partial charge in [0.25, 0.3) is 0 Å². The molecule has 1 atom stereocenters. The molecule has 4 heteroatoms. The van der Waals surface area contributed by atoms with Crippen molar-refractivity contribution in [3.8, 4) is 0 Å². The minimum Gasteiger partial charge on any atom is -0.396 e. The maximum absolute atomic E-state index is 8.82. The maximum atomic E-state index is 8.82. The zero-order valence-electron chi connectivity index (χ0n) is 8.79. The third-order valence-electron chi connectivity index (χ3n) is 2.18. The van der Waals surface area contributed by atoms with Gasteiger partial charge in [-0.25, -0.2) is 4.98 Å². The highest BCUT2D eigenvalue weighted by Gasteiger charge is 2.05. The molecule has 0 saturated heterocycles. The zero-order valence-corrected chi connectivity index (χ0v) is 9.60. The van der Waals surface area contributed by atoms with E-state index in [1.165, 1.54) is 0 Å². The fraction of sp³-hybridized carbons (Fsp3) is 0.700. The number of hydrogen-bond donors (Lipinski definition) is 2. The van der Waals surface area contributed by atoms with E-state index in [0.717, 1.165) is 30.1 Å². The monoisotopic (exact) mass is 214 g/mol. The average Bonchev–Trinajstić information content (AvgIpc) is 2.59. The van der Waals surface area contributed by atoms with Crippen LogP contribution in [-0.4, -0.2) is 22.7 Å². The van der Waals surface area contributed by atoms with Crippen molar-refractivity contribution in [2.75, 3.05) is 6.61 Å². The van der Waals surface area contributed by atoms with E-state index >= 15 is 0 Å². The van der Waals surface area contributed by atoms with E-state index in [-0.39, 0.29) is 6.61 Å². The van der Waals surface area contributed by atoms with Gasteiger partial charge in [0.15, 0.2) is 0 Å². The normalized spacial score (nSPS) is 13.1. The Hall–Kier alpha value is -0.450. The molecule has 0 bridgehead atoms. The Kier molecular flexibility index (Phi) is 5.07. The molecule has 0 radical (unpaired) electrons. The number of aromatic nitrogens is 1. The Labute approximate surface area is 89.2 Å². The van der Waals surface area contributed by atoms with E-state index < -0.39 is 0 Å². The van der Waals surface area contributed by atoms with Crippen molar-refractivity contribution in [3.05, 3.63) is 16.1 Å². The first-order valence-electron chi connectivity index (χ1n) is 5.01. The zero-order chi connectivity index (χ0) is 10.4. The Morgan fingerprint density at radius 3 is 2.93 bits per heavy atom. The number of rotatable bonds is 6. The van der Waals surface area contributed by atoms with Crippen LogP contribution in [0.25, 0.3) is 0 Å². The topological polar surface area (TPSA) is 45.1 Å². The van der Waals surface area contributed by atoms with Crippen molar-refractivity contribution in [2.24, 2.45) is 0 Å². The lowest BCUT2D eigenvalue weighted by atomic mass is 10.1. The van der Waals surface area contributed by atoms with E-state index in [4.69, 9.17) is 5.11 Å². The average molecular weight is 214 g/mol. The van der Waals surface area contributed by atoms with Gasteiger partial charge in [0.1, 0.15) is 5.01 Å². The highest BCUT2D eigenvalue weighted by Crippen LogP contribution is 2.09. The number of nitrogens with one attached hydrogen (secondary N) is 1. The molecule has 1 aromatic heterocycles. The first-order valence-corrected chi connectivity index (χ1v) is 5.89. The summed E-state index contributed by atoms with van der Waals surface area (Å²) in [4.78, 5) is 4.37. The molecule has 0 fully saturated rings. The molecule has 2 N–H and O–H groups in total. The number of nitrogens with zero attached hydrogens (tertiary/aromatic N) is 1. The fourth-order valence-corrected chi connectivity index (χ4v) is 2.04. The van der Waals surface area contributed by atoms with Crippen LogP contribution >= 0.6 is 11.3 Å². The molecular formula is C10H18N2OS. The third-order valence-corrected chi connectivity index (χ3v) is 3.15. The maximum Gasteiger partial charge on any atom is 0.107 e. The minimum atomic E-state index is 0.252. The van der Waals surface area contributed by atoms with Crippen molar-refractivity contribution in [1.82, 2.24) is 10.3 Å². The molecule has 0 aliphatic rings. The molecule has 0 spiro atoms. The van der Waals surface area contributed by atoms with Gasteiger partial charge in [0, 0.05) is 30.3 Å². The number of aliphatic hydroxyl groups excluding tert-OH is 1. The largest absolute Gasteiger partial charge is 0.396 e. The highest BCUT2D eigenvalue weighted by atomic mass is 32.1. The number of aryl methyl sites for hydroxylation is 1. The summed E-state index contributed by atoms with van der Waals surface area (Å²) in [6, 6.07) is 0.407. The van der Waals surface area contributed by atoms with Gasteiger partial charge in [-0.1, -0.05) is 6.92 Å². The number of aliphatic hydroxyl groups is 1. The molecule has 0 amide bonds. The van der Waals surface area contributed by atoms with Gasteiger partial charge in [-0.15, -0.1) is 11.3 Å². The van der Waals surface area contributed by atoms with Gasteiger partial charge in [-0.05, 0) is 19.8 Å². The second kappa shape index (κ2) is 6.11. The summed E-state index contributed by atoms with van der Waals surface area (Å²) in [5.74, 6) is 0. The van der Waals surface area contributed by atoms with E-state index in [0.29, 0.717) is 6.04 Å². The van der Waals surface area contributed by atoms with Crippen LogP contribution in [0, 0.1) is 6.92 Å². The quantitative estimate of drug-likeness (QED) is 0.757. The van der Waals surface area contributed by atoms with Gasteiger partial charge < -0.3 is 10.4 Å². The Morgan fingerprint density at radius 2 is 2.43 bits per heavy atom. The van der Waals surface area contributed by atoms with Crippen LogP contribution in [0.1, 0.15) is 30.5 Å². The Balaban J connectivity index is 2.31. The van der Waals surface area contributed by atoms with Crippen molar-refractivity contribution >= 4 is 11.3 Å². The van der Waals surface area contributed by atoms with E-state index in [1.807, 2.05) is 6.92 Å². The summed E-state index contributed by atoms with van der Waals surface area (Å²) in [5, 5.41) is 15.4. The summed E-state index contributed by atoms with van der Waals surface area (Å²) in [5.41, 5.74) is 1.09. The number of hydrogen-bond acceptors (Lipinski definition) is 4. The summed E-state index contributed by atoms with van der Waals surface area (Å²) in [6.07, 6.45) is 1.87. The van der Waals surface area contributed by atoms with Crippen LogP contribution < -0.4 is 5.32 Å². The lowest BCUT2D eigenvalue weighted by Crippen LogP contribution is -2.28. The molecule has 1 rings (SSSR count). The van der Waals surface area contributed by atoms with E-state index in [1.54, 1.807) is 11.3 Å². The lowest BCUT2D eigenvalue weighted by molar-refractivity contribution is 0.262. The fourth-order valence-electron chi connectivity index (χ4n) is 1.32. The summed E-state index contributed by atoms with van der Waals surface area (Å²) < 4.78 is 0. The molecule has 1 heterocycles. The van der Waals surface area contributed by atoms with Crippen molar-refractivity contribution in [3.63, 3.8) is 0 Å². The van der Waals surface area contributed by atoms with Crippen LogP contribution in [0.4, 0.5) is 0 Å². The van der Waals surface area contributed by atoms with Crippen molar-refractivity contribution < 1.29 is 5.11 Å². The van der Waals surface area contributed by atoms with Crippen LogP contribution in [-0.2, 0) is 6.54 Å². The molecule has 14 heavy (non-hydrogen) atoms. The molecule has 0 saturated carbocycles. The Bertz CT molecular complexity index is 262. The molecule has 0 aliphatic carbocycles. The molecular weight excluding hydrogens is 196 g/mol.